The van der Waals surface area contributed by atoms with Crippen LogP contribution >= 0.6 is 11.6 Å². The van der Waals surface area contributed by atoms with Crippen molar-refractivity contribution in [3.8, 4) is 5.75 Å². The molecule has 1 aliphatic rings. The highest BCUT2D eigenvalue weighted by molar-refractivity contribution is 6.30. The number of primary amides is 3. The van der Waals surface area contributed by atoms with Crippen LogP contribution in [0.25, 0.3) is 10.8 Å². The van der Waals surface area contributed by atoms with Crippen molar-refractivity contribution >= 4 is 111 Å². The summed E-state index contributed by atoms with van der Waals surface area (Å²) in [6.45, 7) is 4.88. The molecule has 0 spiro atoms. The van der Waals surface area contributed by atoms with Gasteiger partial charge in [-0.05, 0) is 134 Å². The fraction of sp³-hybridized carbons (Fsp3) is 0.447. The number of carbonyl (C=O) groups excluding carboxylic acids is 14. The van der Waals surface area contributed by atoms with E-state index in [0.29, 0.717) is 33.7 Å². The molecule has 37 heteroatoms. The Bertz CT molecular complexity index is 4140. The molecule has 113 heavy (non-hydrogen) atoms. The molecule has 11 atom stereocenters. The molecule has 0 saturated carbocycles. The lowest BCUT2D eigenvalue weighted by molar-refractivity contribution is -0.142. The van der Waals surface area contributed by atoms with Crippen molar-refractivity contribution in [3.05, 3.63) is 143 Å². The molecule has 6 rings (SSSR count). The number of hydrogen-bond acceptors (Lipinski definition) is 18. The quantitative estimate of drug-likeness (QED) is 0.0119. The Morgan fingerprint density at radius 3 is 1.43 bits per heavy atom. The molecule has 4 aromatic carbocycles. The van der Waals surface area contributed by atoms with Gasteiger partial charge in [0.25, 0.3) is 0 Å². The Hall–Kier alpha value is -12.2. The molecule has 16 amide bonds. The van der Waals surface area contributed by atoms with Crippen molar-refractivity contribution in [2.75, 3.05) is 32.8 Å². The zero-order valence-corrected chi connectivity index (χ0v) is 64.1. The van der Waals surface area contributed by atoms with Gasteiger partial charge in [0.15, 0.2) is 5.96 Å². The molecule has 0 radical (unpaired) electrons. The molecule has 1 aliphatic heterocycles. The van der Waals surface area contributed by atoms with E-state index in [1.165, 1.54) is 55.4 Å². The third-order valence-electron chi connectivity index (χ3n) is 18.3. The number of fused-ring (bicyclic) bond motifs is 1. The molecule has 36 nitrogen and oxygen atoms in total. The Kier molecular flexibility index (Phi) is 35.9. The number of aromatic nitrogens is 1. The number of phenolic OH excluding ortho intramolecular Hbond substituents is 1. The van der Waals surface area contributed by atoms with Crippen molar-refractivity contribution in [3.63, 3.8) is 0 Å². The third kappa shape index (κ3) is 30.5. The van der Waals surface area contributed by atoms with Gasteiger partial charge < -0.3 is 107 Å². The summed E-state index contributed by atoms with van der Waals surface area (Å²) in [6.07, 6.45) is 2.01. The van der Waals surface area contributed by atoms with Gasteiger partial charge in [-0.3, -0.25) is 67.9 Å². The smallest absolute Gasteiger partial charge is 0.312 e. The molecule has 1 aromatic heterocycles. The Labute approximate surface area is 657 Å². The zero-order valence-electron chi connectivity index (χ0n) is 63.3. The highest BCUT2D eigenvalue weighted by Crippen LogP contribution is 2.23. The van der Waals surface area contributed by atoms with Gasteiger partial charge in [-0.15, -0.1) is 0 Å². The monoisotopic (exact) mass is 1590 g/mol. The number of aliphatic hydroxyl groups excluding tert-OH is 1. The van der Waals surface area contributed by atoms with Crippen molar-refractivity contribution in [1.82, 2.24) is 79.0 Å². The normalized spacial score (nSPS) is 15.0. The Morgan fingerprint density at radius 1 is 0.504 bits per heavy atom. The number of guanidine groups is 1. The summed E-state index contributed by atoms with van der Waals surface area (Å²) in [7, 11) is 0. The molecule has 1 fully saturated rings. The first-order valence-corrected chi connectivity index (χ1v) is 37.4. The third-order valence-corrected chi connectivity index (χ3v) is 18.6. The number of benzene rings is 4. The number of nitrogens with zero attached hydrogens (tertiary/aromatic N) is 2. The number of aromatic hydroxyl groups is 1. The highest BCUT2D eigenvalue weighted by atomic mass is 35.5. The van der Waals surface area contributed by atoms with Crippen molar-refractivity contribution in [1.29, 1.82) is 5.41 Å². The first kappa shape index (κ1) is 89.7. The van der Waals surface area contributed by atoms with E-state index in [0.717, 1.165) is 10.8 Å². The van der Waals surface area contributed by atoms with Crippen molar-refractivity contribution in [2.45, 2.75) is 178 Å². The molecule has 0 unspecified atom stereocenters. The number of halogens is 1. The number of aliphatic hydroxyl groups is 1. The van der Waals surface area contributed by atoms with Crippen molar-refractivity contribution in [2.24, 2.45) is 28.9 Å². The van der Waals surface area contributed by atoms with E-state index in [4.69, 9.17) is 39.9 Å². The topological polar surface area (TPSA) is 580 Å². The number of phenols is 1. The second kappa shape index (κ2) is 45.2. The predicted molar refractivity (Wildman–Crippen MR) is 416 cm³/mol. The minimum atomic E-state index is -1.90. The van der Waals surface area contributed by atoms with Gasteiger partial charge in [-0.2, -0.15) is 0 Å². The van der Waals surface area contributed by atoms with Gasteiger partial charge in [0.2, 0.25) is 70.9 Å². The molecular formula is C76H103ClN20O16. The van der Waals surface area contributed by atoms with E-state index in [1.54, 1.807) is 50.2 Å². The fourth-order valence-corrected chi connectivity index (χ4v) is 12.6. The van der Waals surface area contributed by atoms with Crippen LogP contribution in [0.2, 0.25) is 5.02 Å². The van der Waals surface area contributed by atoms with Crippen molar-refractivity contribution < 1.29 is 77.3 Å². The summed E-state index contributed by atoms with van der Waals surface area (Å²) >= 11 is 6.24. The standard InChI is InChI=1S/C76H103ClN20O16/c1-42(2)34-56(66(104)91-55(17-10-30-84-74(79)80)73(111)97-33-11-18-62(97)72(110)87-43(3)63(78)101)92-65(103)54(16-9-32-86-76(82)113)89-64(102)53(15-8-31-85-75(81)112)90-68(106)58(37-46-22-27-52(100)28-23-46)95-71(109)61(41-98)96-70(108)60(39-48-12-7-29-83-40-48)94-69(107)59(36-45-20-25-51(77)26-21-45)93-67(105)57(88-44(4)99)38-47-19-24-49-13-5-6-14-50(49)35-47/h5-7,12-14,19-29,35,40,42-43,53-62,98,100H,8-11,15-18,30-34,36-39,41H2,1-4H3,(H2,78,101)(H,87,110)(H,88,99)(H,89,102)(H,90,106)(H,91,104)(H,92,103)(H,93,105)(H,94,107)(H,95,109)(H,96,108)(H4,79,80,84)(H3,81,85,112)(H3,82,86,113)/t43-,53-,54-,55+,56+,57-,58+,59-,60-,61+,62+/m1/s1. The number of pyridine rings is 1. The first-order valence-electron chi connectivity index (χ1n) is 37.0. The van der Waals surface area contributed by atoms with E-state index in [1.807, 2.05) is 42.5 Å². The lowest BCUT2D eigenvalue weighted by atomic mass is 9.99. The molecule has 2 heterocycles. The van der Waals surface area contributed by atoms with Gasteiger partial charge in [0, 0.05) is 76.2 Å². The van der Waals surface area contributed by atoms with Crippen LogP contribution < -0.4 is 92.1 Å². The van der Waals surface area contributed by atoms with E-state index in [2.05, 4.69) is 74.1 Å². The number of nitrogens with two attached hydrogens (primary N) is 4. The van der Waals surface area contributed by atoms with Gasteiger partial charge in [-0.1, -0.05) is 98.2 Å². The summed E-state index contributed by atoms with van der Waals surface area (Å²) < 4.78 is 0. The number of urea groups is 2. The average molecular weight is 1590 g/mol. The molecule has 1 saturated heterocycles. The van der Waals surface area contributed by atoms with E-state index in [9.17, 15) is 77.3 Å². The van der Waals surface area contributed by atoms with E-state index < -0.39 is 162 Å². The second-order valence-electron chi connectivity index (χ2n) is 27.9. The minimum Gasteiger partial charge on any atom is -0.508 e. The largest absolute Gasteiger partial charge is 0.508 e. The van der Waals surface area contributed by atoms with Crippen LogP contribution in [0.3, 0.4) is 0 Å². The van der Waals surface area contributed by atoms with Gasteiger partial charge >= 0.3 is 12.1 Å². The van der Waals surface area contributed by atoms with Crippen LogP contribution in [-0.4, -0.2) is 208 Å². The summed E-state index contributed by atoms with van der Waals surface area (Å²) in [6, 6.07) is 10.2. The summed E-state index contributed by atoms with van der Waals surface area (Å²) in [5, 5.41) is 64.7. The number of nitrogens with one attached hydrogen (secondary N) is 14. The maximum absolute atomic E-state index is 15.0. The predicted octanol–water partition coefficient (Wildman–Crippen LogP) is -1.57. The van der Waals surface area contributed by atoms with Crippen LogP contribution in [0.5, 0.6) is 5.75 Å². The molecule has 610 valence electrons. The second-order valence-corrected chi connectivity index (χ2v) is 28.3. The SMILES string of the molecule is CC(=O)N[C@H](Cc1ccc2ccccc2c1)C(=O)N[C@H](Cc1ccc(Cl)cc1)C(=O)N[C@H](Cc1cccnc1)C(=O)N[C@@H](CO)C(=O)N[C@@H](Cc1ccc(O)cc1)C(=O)N[C@H](CCCNC(N)=O)C(=O)N[C@H](CCCNC(N)=O)C(=O)N[C@@H](CC(C)C)C(=O)N[C@@H](CCCNC(=N)N)C(=O)N1CCC[C@H]1C(=O)N[C@H](C)C(N)=O. The molecule has 24 N–H and O–H groups in total. The van der Waals surface area contributed by atoms with E-state index >= 15 is 0 Å². The lowest BCUT2D eigenvalue weighted by Gasteiger charge is -2.31. The zero-order chi connectivity index (χ0) is 82.8. The fourth-order valence-electron chi connectivity index (χ4n) is 12.5. The van der Waals surface area contributed by atoms with Crippen LogP contribution in [0, 0.1) is 11.3 Å². The summed E-state index contributed by atoms with van der Waals surface area (Å²) in [4.78, 5) is 200. The number of rotatable bonds is 44. The van der Waals surface area contributed by atoms with Gasteiger partial charge in [0.1, 0.15) is 72.2 Å². The van der Waals surface area contributed by atoms with Gasteiger partial charge in [0.05, 0.1) is 6.61 Å². The van der Waals surface area contributed by atoms with Crippen LogP contribution in [-0.2, 0) is 83.2 Å². The lowest BCUT2D eigenvalue weighted by Crippen LogP contribution is -2.61. The number of amides is 16. The number of likely N-dealkylation sites (tertiary alicyclic amines) is 1. The van der Waals surface area contributed by atoms with E-state index in [-0.39, 0.29) is 114 Å². The first-order chi connectivity index (χ1) is 53.8. The Balaban J connectivity index is 1.27. The summed E-state index contributed by atoms with van der Waals surface area (Å²) in [5.41, 5.74) is 23.5. The number of carbonyl (C=O) groups is 14. The maximum Gasteiger partial charge on any atom is 0.312 e. The van der Waals surface area contributed by atoms with Crippen LogP contribution in [0.15, 0.2) is 116 Å². The molecule has 0 bridgehead atoms. The van der Waals surface area contributed by atoms with Gasteiger partial charge in [-0.25, -0.2) is 9.59 Å². The minimum absolute atomic E-state index is 0.00736. The molecular weight excluding hydrogens is 1480 g/mol. The molecule has 5 aromatic rings. The van der Waals surface area contributed by atoms with Crippen LogP contribution in [0.1, 0.15) is 108 Å². The number of hydrogen-bond donors (Lipinski definition) is 20. The Morgan fingerprint density at radius 2 is 0.938 bits per heavy atom. The maximum atomic E-state index is 15.0. The summed E-state index contributed by atoms with van der Waals surface area (Å²) in [5.74, 6) is -11.4. The average Bonchev–Trinajstić information content (AvgIpc) is 1.67. The molecule has 0 aliphatic carbocycles. The van der Waals surface area contributed by atoms with Crippen LogP contribution in [0.4, 0.5) is 9.59 Å². The highest BCUT2D eigenvalue weighted by Gasteiger charge is 2.41.